The standard InChI is InChI=1S/C43H60N4O6/c1-26(31-14-15-32-29-13-12-27-25-28(48)19-21-42(27,2)33(29)20-22-43(31,32)3)11-17-36(49)45-24-7-5-4-6-23-44-34-10-8-9-30-38(34)41(53)47(40(30)52)35-16-18-37(50)46-39(35)51/h8-10,12,26,28-29,31-33,35,44,48H,4-7,11,13-25H2,1-3H3,(H,45,49)(H,46,50,51)/t26-,28+,29+,31-,32+,33+,35?,42+,43-/m1/s1. The second kappa shape index (κ2) is 15.3. The average Bonchev–Trinajstić information content (AvgIpc) is 3.62. The lowest BCUT2D eigenvalue weighted by molar-refractivity contribution is -0.136. The summed E-state index contributed by atoms with van der Waals surface area (Å²) in [5, 5.41) is 19.0. The van der Waals surface area contributed by atoms with E-state index in [-0.39, 0.29) is 41.4 Å². The molecule has 1 unspecified atom stereocenters. The molecule has 10 nitrogen and oxygen atoms in total. The van der Waals surface area contributed by atoms with Gasteiger partial charge in [-0.05, 0) is 130 Å². The highest BCUT2D eigenvalue weighted by molar-refractivity contribution is 6.25. The van der Waals surface area contributed by atoms with Gasteiger partial charge in [0.15, 0.2) is 0 Å². The van der Waals surface area contributed by atoms with E-state index < -0.39 is 29.7 Å². The molecular formula is C43H60N4O6. The van der Waals surface area contributed by atoms with Crippen LogP contribution in [0, 0.1) is 40.4 Å². The maximum atomic E-state index is 13.3. The van der Waals surface area contributed by atoms with Gasteiger partial charge in [0.25, 0.3) is 11.8 Å². The quantitative estimate of drug-likeness (QED) is 0.103. The minimum absolute atomic E-state index is 0.0894. The molecule has 53 heavy (non-hydrogen) atoms. The van der Waals surface area contributed by atoms with E-state index in [1.165, 1.54) is 32.1 Å². The zero-order valence-corrected chi connectivity index (χ0v) is 32.0. The Morgan fingerprint density at radius 1 is 0.962 bits per heavy atom. The highest BCUT2D eigenvalue weighted by Gasteiger charge is 2.59. The summed E-state index contributed by atoms with van der Waals surface area (Å²) in [6.07, 6.45) is 17.2. The highest BCUT2D eigenvalue weighted by Crippen LogP contribution is 2.67. The van der Waals surface area contributed by atoms with Gasteiger partial charge < -0.3 is 15.7 Å². The van der Waals surface area contributed by atoms with Crippen molar-refractivity contribution in [3.05, 3.63) is 41.0 Å². The fourth-order valence-electron chi connectivity index (χ4n) is 12.0. The molecule has 6 aliphatic rings. The molecule has 288 valence electrons. The minimum atomic E-state index is -0.980. The van der Waals surface area contributed by atoms with Gasteiger partial charge in [-0.15, -0.1) is 0 Å². The lowest BCUT2D eigenvalue weighted by Crippen LogP contribution is -2.54. The molecular weight excluding hydrogens is 668 g/mol. The zero-order chi connectivity index (χ0) is 37.5. The first-order valence-corrected chi connectivity index (χ1v) is 20.6. The van der Waals surface area contributed by atoms with E-state index in [0.717, 1.165) is 74.0 Å². The molecule has 4 N–H and O–H groups in total. The molecule has 10 heteroatoms. The Balaban J connectivity index is 0.796. The van der Waals surface area contributed by atoms with Crippen LogP contribution in [0.5, 0.6) is 0 Å². The van der Waals surface area contributed by atoms with Crippen molar-refractivity contribution in [3.63, 3.8) is 0 Å². The number of amides is 5. The lowest BCUT2D eigenvalue weighted by Gasteiger charge is -2.58. The molecule has 3 saturated carbocycles. The predicted molar refractivity (Wildman–Crippen MR) is 203 cm³/mol. The summed E-state index contributed by atoms with van der Waals surface area (Å²) in [7, 11) is 0. The Kier molecular flexibility index (Phi) is 10.9. The summed E-state index contributed by atoms with van der Waals surface area (Å²) in [6, 6.07) is 4.13. The molecule has 2 heterocycles. The first kappa shape index (κ1) is 37.8. The number of imide groups is 2. The fraction of sp³-hybridized carbons (Fsp3) is 0.698. The predicted octanol–water partition coefficient (Wildman–Crippen LogP) is 6.53. The number of anilines is 1. The Hall–Kier alpha value is -3.53. The number of unbranched alkanes of at least 4 members (excludes halogenated alkanes) is 3. The van der Waals surface area contributed by atoms with Gasteiger partial charge in [-0.3, -0.25) is 34.2 Å². The van der Waals surface area contributed by atoms with Crippen molar-refractivity contribution in [1.82, 2.24) is 15.5 Å². The maximum Gasteiger partial charge on any atom is 0.264 e. The van der Waals surface area contributed by atoms with Crippen molar-refractivity contribution >= 4 is 35.2 Å². The summed E-state index contributed by atoms with van der Waals surface area (Å²) >= 11 is 0. The van der Waals surface area contributed by atoms with Crippen LogP contribution in [-0.2, 0) is 14.4 Å². The number of allylic oxidation sites excluding steroid dienone is 1. The van der Waals surface area contributed by atoms with Crippen LogP contribution in [0.1, 0.15) is 144 Å². The lowest BCUT2D eigenvalue weighted by atomic mass is 9.47. The number of fused-ring (bicyclic) bond motifs is 6. The van der Waals surface area contributed by atoms with Gasteiger partial charge >= 0.3 is 0 Å². The molecule has 0 radical (unpaired) electrons. The normalized spacial score (nSPS) is 34.0. The molecule has 2 aliphatic heterocycles. The number of nitrogens with zero attached hydrogens (tertiary/aromatic N) is 1. The number of hydrogen-bond donors (Lipinski definition) is 4. The van der Waals surface area contributed by atoms with Gasteiger partial charge in [0, 0.05) is 31.6 Å². The largest absolute Gasteiger partial charge is 0.393 e. The van der Waals surface area contributed by atoms with E-state index in [1.807, 2.05) is 0 Å². The van der Waals surface area contributed by atoms with Gasteiger partial charge in [0.1, 0.15) is 6.04 Å². The van der Waals surface area contributed by atoms with Crippen molar-refractivity contribution in [1.29, 1.82) is 0 Å². The van der Waals surface area contributed by atoms with Crippen molar-refractivity contribution in [2.45, 2.75) is 136 Å². The van der Waals surface area contributed by atoms with Crippen LogP contribution in [0.3, 0.4) is 0 Å². The van der Waals surface area contributed by atoms with Gasteiger partial charge in [0.05, 0.1) is 17.2 Å². The van der Waals surface area contributed by atoms with Gasteiger partial charge in [-0.25, -0.2) is 0 Å². The number of nitrogens with one attached hydrogen (secondary N) is 3. The first-order valence-electron chi connectivity index (χ1n) is 20.6. The molecule has 5 amide bonds. The fourth-order valence-corrected chi connectivity index (χ4v) is 12.0. The van der Waals surface area contributed by atoms with E-state index in [9.17, 15) is 29.1 Å². The average molecular weight is 729 g/mol. The number of carbonyl (C=O) groups is 5. The van der Waals surface area contributed by atoms with E-state index >= 15 is 0 Å². The van der Waals surface area contributed by atoms with Gasteiger partial charge in [-0.2, -0.15) is 0 Å². The molecule has 0 bridgehead atoms. The summed E-state index contributed by atoms with van der Waals surface area (Å²) in [6.45, 7) is 8.78. The third kappa shape index (κ3) is 7.09. The van der Waals surface area contributed by atoms with Crippen LogP contribution in [0.15, 0.2) is 29.8 Å². The number of aliphatic hydroxyl groups excluding tert-OH is 1. The summed E-state index contributed by atoms with van der Waals surface area (Å²) in [5.74, 6) is 1.65. The van der Waals surface area contributed by atoms with E-state index in [4.69, 9.17) is 0 Å². The van der Waals surface area contributed by atoms with Crippen molar-refractivity contribution in [3.8, 4) is 0 Å². The van der Waals surface area contributed by atoms with Crippen LogP contribution in [0.2, 0.25) is 0 Å². The number of hydrogen-bond acceptors (Lipinski definition) is 7. The second-order valence-electron chi connectivity index (χ2n) is 17.8. The van der Waals surface area contributed by atoms with Crippen molar-refractivity contribution in [2.24, 2.45) is 40.4 Å². The number of benzene rings is 1. The third-order valence-corrected chi connectivity index (χ3v) is 14.9. The minimum Gasteiger partial charge on any atom is -0.393 e. The molecule has 1 aromatic carbocycles. The van der Waals surface area contributed by atoms with Crippen LogP contribution in [-0.4, -0.2) is 64.8 Å². The Labute approximate surface area is 314 Å². The van der Waals surface area contributed by atoms with Crippen LogP contribution in [0.25, 0.3) is 0 Å². The van der Waals surface area contributed by atoms with Crippen molar-refractivity contribution < 1.29 is 29.1 Å². The molecule has 7 rings (SSSR count). The number of rotatable bonds is 13. The zero-order valence-electron chi connectivity index (χ0n) is 32.0. The highest BCUT2D eigenvalue weighted by atomic mass is 16.3. The third-order valence-electron chi connectivity index (χ3n) is 14.9. The van der Waals surface area contributed by atoms with Crippen LogP contribution >= 0.6 is 0 Å². The molecule has 0 spiro atoms. The Bertz CT molecular complexity index is 1660. The number of aliphatic hydroxyl groups is 1. The summed E-state index contributed by atoms with van der Waals surface area (Å²) < 4.78 is 0. The number of carbonyl (C=O) groups excluding carboxylic acids is 5. The summed E-state index contributed by atoms with van der Waals surface area (Å²) in [4.78, 5) is 64.2. The molecule has 4 aliphatic carbocycles. The molecule has 0 aromatic heterocycles. The summed E-state index contributed by atoms with van der Waals surface area (Å²) in [5.41, 5.74) is 3.32. The SMILES string of the molecule is C[C@H](CCC(=O)NCCCCCCNc1cccc2c1C(=O)N(C1CCC(=O)NC1=O)C2=O)[C@H]1CC[C@H]2[C@@H]3CC=C4C[C@@H](O)CC[C@]4(C)[C@H]3CC[C@]12C. The van der Waals surface area contributed by atoms with Crippen LogP contribution < -0.4 is 16.0 Å². The van der Waals surface area contributed by atoms with E-state index in [0.29, 0.717) is 42.4 Å². The van der Waals surface area contributed by atoms with E-state index in [2.05, 4.69) is 42.8 Å². The maximum absolute atomic E-state index is 13.3. The van der Waals surface area contributed by atoms with E-state index in [1.54, 1.807) is 23.8 Å². The first-order chi connectivity index (χ1) is 25.4. The Morgan fingerprint density at radius 2 is 1.75 bits per heavy atom. The molecule has 9 atom stereocenters. The Morgan fingerprint density at radius 3 is 2.55 bits per heavy atom. The topological polar surface area (TPSA) is 145 Å². The molecule has 1 aromatic rings. The van der Waals surface area contributed by atoms with Gasteiger partial charge in [-0.1, -0.05) is 51.3 Å². The number of piperidine rings is 1. The second-order valence-corrected chi connectivity index (χ2v) is 17.8. The smallest absolute Gasteiger partial charge is 0.264 e. The molecule has 4 fully saturated rings. The monoisotopic (exact) mass is 728 g/mol. The molecule has 1 saturated heterocycles. The van der Waals surface area contributed by atoms with Crippen LogP contribution in [0.4, 0.5) is 5.69 Å². The van der Waals surface area contributed by atoms with Crippen molar-refractivity contribution in [2.75, 3.05) is 18.4 Å². The van der Waals surface area contributed by atoms with Gasteiger partial charge in [0.2, 0.25) is 17.7 Å².